The molecular formula is C6H16O6S. The zero-order chi connectivity index (χ0) is 11.5. The molecule has 0 aromatic rings. The van der Waals surface area contributed by atoms with Gasteiger partial charge in [0.05, 0.1) is 11.2 Å². The van der Waals surface area contributed by atoms with Gasteiger partial charge in [-0.05, 0) is 27.7 Å². The lowest BCUT2D eigenvalue weighted by Crippen LogP contribution is -2.44. The Bertz CT molecular complexity index is 209. The third-order valence-electron chi connectivity index (χ3n) is 1.50. The summed E-state index contributed by atoms with van der Waals surface area (Å²) in [5, 5.41) is 18.2. The minimum atomic E-state index is -4.67. The summed E-state index contributed by atoms with van der Waals surface area (Å²) < 4.78 is 31.6. The van der Waals surface area contributed by atoms with Gasteiger partial charge in [-0.2, -0.15) is 8.42 Å². The highest BCUT2D eigenvalue weighted by Crippen LogP contribution is 2.19. The number of aliphatic hydroxyl groups is 2. The van der Waals surface area contributed by atoms with Crippen molar-refractivity contribution in [3.8, 4) is 0 Å². The van der Waals surface area contributed by atoms with Crippen LogP contribution in [0.3, 0.4) is 0 Å². The maximum absolute atomic E-state index is 9.10. The molecule has 13 heavy (non-hydrogen) atoms. The zero-order valence-corrected chi connectivity index (χ0v) is 8.83. The van der Waals surface area contributed by atoms with Gasteiger partial charge in [-0.3, -0.25) is 9.11 Å². The van der Waals surface area contributed by atoms with Gasteiger partial charge in [-0.1, -0.05) is 0 Å². The summed E-state index contributed by atoms with van der Waals surface area (Å²) in [4.78, 5) is 0. The van der Waals surface area contributed by atoms with Crippen LogP contribution in [-0.2, 0) is 10.4 Å². The minimum Gasteiger partial charge on any atom is -0.387 e. The van der Waals surface area contributed by atoms with Crippen molar-refractivity contribution in [2.75, 3.05) is 0 Å². The van der Waals surface area contributed by atoms with Gasteiger partial charge in [0, 0.05) is 0 Å². The first kappa shape index (κ1) is 15.3. The molecule has 0 saturated carbocycles. The van der Waals surface area contributed by atoms with E-state index in [0.29, 0.717) is 0 Å². The normalized spacial score (nSPS) is 13.2. The van der Waals surface area contributed by atoms with E-state index in [-0.39, 0.29) is 0 Å². The summed E-state index contributed by atoms with van der Waals surface area (Å²) in [6, 6.07) is 0. The van der Waals surface area contributed by atoms with E-state index in [1.807, 2.05) is 0 Å². The Morgan fingerprint density at radius 2 is 0.923 bits per heavy atom. The summed E-state index contributed by atoms with van der Waals surface area (Å²) >= 11 is 0. The first-order valence-corrected chi connectivity index (χ1v) is 4.79. The van der Waals surface area contributed by atoms with Crippen LogP contribution in [0.5, 0.6) is 0 Å². The van der Waals surface area contributed by atoms with Crippen LogP contribution in [0.4, 0.5) is 0 Å². The summed E-state index contributed by atoms with van der Waals surface area (Å²) in [5.41, 5.74) is -2.01. The van der Waals surface area contributed by atoms with Crippen molar-refractivity contribution in [1.29, 1.82) is 0 Å². The Morgan fingerprint density at radius 1 is 0.846 bits per heavy atom. The largest absolute Gasteiger partial charge is 0.394 e. The molecule has 4 N–H and O–H groups in total. The Labute approximate surface area is 77.8 Å². The van der Waals surface area contributed by atoms with Crippen LogP contribution in [0.2, 0.25) is 0 Å². The first-order chi connectivity index (χ1) is 5.25. The Balaban J connectivity index is 0. The van der Waals surface area contributed by atoms with Crippen LogP contribution >= 0.6 is 0 Å². The Kier molecular flexibility index (Phi) is 5.09. The van der Waals surface area contributed by atoms with Crippen molar-refractivity contribution in [3.05, 3.63) is 0 Å². The molecule has 0 amide bonds. The third kappa shape index (κ3) is 14.6. The fraction of sp³-hybridized carbons (Fsp3) is 1.00. The van der Waals surface area contributed by atoms with Gasteiger partial charge in [-0.15, -0.1) is 0 Å². The maximum Gasteiger partial charge on any atom is 0.394 e. The van der Waals surface area contributed by atoms with Crippen molar-refractivity contribution in [2.45, 2.75) is 38.9 Å². The standard InChI is InChI=1S/C6H14O2.H2O4S/c1-5(2,7)6(3,4)8;1-5(2,3)4/h7-8H,1-4H3;(H2,1,2,3,4). The van der Waals surface area contributed by atoms with Gasteiger partial charge in [-0.25, -0.2) is 0 Å². The third-order valence-corrected chi connectivity index (χ3v) is 1.50. The average molecular weight is 216 g/mol. The van der Waals surface area contributed by atoms with Gasteiger partial charge in [0.25, 0.3) is 0 Å². The number of rotatable bonds is 1. The van der Waals surface area contributed by atoms with Gasteiger partial charge in [0.1, 0.15) is 0 Å². The van der Waals surface area contributed by atoms with E-state index in [0.717, 1.165) is 0 Å². The molecule has 0 aromatic heterocycles. The molecule has 0 radical (unpaired) electrons. The van der Waals surface area contributed by atoms with E-state index in [1.165, 1.54) is 0 Å². The Morgan fingerprint density at radius 3 is 0.923 bits per heavy atom. The first-order valence-electron chi connectivity index (χ1n) is 3.40. The van der Waals surface area contributed by atoms with Crippen molar-refractivity contribution in [2.24, 2.45) is 0 Å². The summed E-state index contributed by atoms with van der Waals surface area (Å²) in [6.07, 6.45) is 0. The molecule has 0 aliphatic carbocycles. The van der Waals surface area contributed by atoms with E-state index in [1.54, 1.807) is 27.7 Å². The molecule has 0 aromatic carbocycles. The number of hydrogen-bond acceptors (Lipinski definition) is 4. The summed E-state index contributed by atoms with van der Waals surface area (Å²) in [6.45, 7) is 6.31. The molecule has 0 saturated heterocycles. The van der Waals surface area contributed by atoms with Crippen molar-refractivity contribution in [1.82, 2.24) is 0 Å². The molecule has 0 heterocycles. The van der Waals surface area contributed by atoms with Crippen LogP contribution in [0.15, 0.2) is 0 Å². The van der Waals surface area contributed by atoms with E-state index in [4.69, 9.17) is 27.7 Å². The highest BCUT2D eigenvalue weighted by Gasteiger charge is 2.31. The molecule has 7 heteroatoms. The summed E-state index contributed by atoms with van der Waals surface area (Å²) in [7, 11) is -4.67. The lowest BCUT2D eigenvalue weighted by atomic mass is 9.90. The fourth-order valence-corrected chi connectivity index (χ4v) is 0. The highest BCUT2D eigenvalue weighted by molar-refractivity contribution is 7.79. The molecule has 0 fully saturated rings. The smallest absolute Gasteiger partial charge is 0.387 e. The van der Waals surface area contributed by atoms with E-state index in [2.05, 4.69) is 0 Å². The van der Waals surface area contributed by atoms with Crippen LogP contribution in [0.25, 0.3) is 0 Å². The van der Waals surface area contributed by atoms with Gasteiger partial charge in [0.2, 0.25) is 0 Å². The van der Waals surface area contributed by atoms with E-state index < -0.39 is 21.6 Å². The lowest BCUT2D eigenvalue weighted by molar-refractivity contribution is -0.107. The molecule has 82 valence electrons. The van der Waals surface area contributed by atoms with Crippen LogP contribution in [0, 0.1) is 0 Å². The van der Waals surface area contributed by atoms with Crippen molar-refractivity contribution in [3.63, 3.8) is 0 Å². The molecule has 6 nitrogen and oxygen atoms in total. The quantitative estimate of drug-likeness (QED) is 0.454. The van der Waals surface area contributed by atoms with E-state index >= 15 is 0 Å². The predicted molar refractivity (Wildman–Crippen MR) is 46.8 cm³/mol. The predicted octanol–water partition coefficient (Wildman–Crippen LogP) is -0.125. The average Bonchev–Trinajstić information content (AvgIpc) is 1.50. The molecular weight excluding hydrogens is 200 g/mol. The number of hydrogen-bond donors (Lipinski definition) is 4. The lowest BCUT2D eigenvalue weighted by Gasteiger charge is -2.31. The SMILES string of the molecule is CC(C)(O)C(C)(C)O.O=S(=O)(O)O. The molecule has 0 unspecified atom stereocenters. The molecule has 0 bridgehead atoms. The monoisotopic (exact) mass is 216 g/mol. The fourth-order valence-electron chi connectivity index (χ4n) is 0. The van der Waals surface area contributed by atoms with Crippen LogP contribution < -0.4 is 0 Å². The second-order valence-electron chi connectivity index (χ2n) is 3.57. The molecule has 0 spiro atoms. The molecule has 0 aliphatic heterocycles. The van der Waals surface area contributed by atoms with Gasteiger partial charge >= 0.3 is 10.4 Å². The zero-order valence-electron chi connectivity index (χ0n) is 8.01. The minimum absolute atomic E-state index is 1.01. The van der Waals surface area contributed by atoms with Crippen molar-refractivity contribution >= 4 is 10.4 Å². The molecule has 0 aliphatic rings. The van der Waals surface area contributed by atoms with E-state index in [9.17, 15) is 0 Å². The maximum atomic E-state index is 9.10. The van der Waals surface area contributed by atoms with Gasteiger partial charge in [0.15, 0.2) is 0 Å². The van der Waals surface area contributed by atoms with Crippen LogP contribution in [0.1, 0.15) is 27.7 Å². The Hall–Kier alpha value is -0.210. The highest BCUT2D eigenvalue weighted by atomic mass is 32.3. The molecule has 0 rings (SSSR count). The second-order valence-corrected chi connectivity index (χ2v) is 4.46. The van der Waals surface area contributed by atoms with Crippen molar-refractivity contribution < 1.29 is 27.7 Å². The molecule has 0 atom stereocenters. The van der Waals surface area contributed by atoms with Crippen LogP contribution in [-0.4, -0.2) is 38.9 Å². The second kappa shape index (κ2) is 4.34. The topological polar surface area (TPSA) is 115 Å². The summed E-state index contributed by atoms with van der Waals surface area (Å²) in [5.74, 6) is 0. The van der Waals surface area contributed by atoms with Gasteiger partial charge < -0.3 is 10.2 Å².